The van der Waals surface area contributed by atoms with E-state index in [9.17, 15) is 29.7 Å². The maximum Gasteiger partial charge on any atom is 0.379 e. The van der Waals surface area contributed by atoms with Crippen LogP contribution in [-0.2, 0) is 21.0 Å². The van der Waals surface area contributed by atoms with Gasteiger partial charge in [-0.25, -0.2) is 14.1 Å². The molecule has 2 heterocycles. The third-order valence-corrected chi connectivity index (χ3v) is 6.16. The van der Waals surface area contributed by atoms with E-state index in [0.29, 0.717) is 18.5 Å². The monoisotopic (exact) mass is 377 g/mol. The molecule has 1 saturated carbocycles. The van der Waals surface area contributed by atoms with Crippen LogP contribution in [0.3, 0.4) is 0 Å². The molecule has 1 aromatic carbocycles. The summed E-state index contributed by atoms with van der Waals surface area (Å²) in [5.74, 6) is -3.02. The molecular formula is C18H21N2O7+. The fourth-order valence-corrected chi connectivity index (χ4v) is 4.76. The highest BCUT2D eigenvalue weighted by Crippen LogP contribution is 2.64. The number of hydrogen-bond donors (Lipinski definition) is 4. The van der Waals surface area contributed by atoms with Gasteiger partial charge in [-0.15, -0.1) is 5.48 Å². The van der Waals surface area contributed by atoms with Gasteiger partial charge in [-0.1, -0.05) is 18.2 Å². The number of amides is 1. The Balaban J connectivity index is 1.42. The summed E-state index contributed by atoms with van der Waals surface area (Å²) in [6, 6.07) is 6.46. The lowest BCUT2D eigenvalue weighted by Gasteiger charge is -2.27. The summed E-state index contributed by atoms with van der Waals surface area (Å²) < 4.78 is -0.0123. The quantitative estimate of drug-likeness (QED) is 0.311. The summed E-state index contributed by atoms with van der Waals surface area (Å²) in [5.41, 5.74) is 2.35. The summed E-state index contributed by atoms with van der Waals surface area (Å²) in [6.45, 7) is 0.418. The van der Waals surface area contributed by atoms with Gasteiger partial charge in [0, 0.05) is 6.42 Å². The first-order chi connectivity index (χ1) is 12.8. The average Bonchev–Trinajstić information content (AvgIpc) is 3.46. The van der Waals surface area contributed by atoms with Gasteiger partial charge < -0.3 is 15.3 Å². The second-order valence-electron chi connectivity index (χ2n) is 7.49. The number of aliphatic hydroxyl groups is 1. The van der Waals surface area contributed by atoms with Gasteiger partial charge in [0.05, 0.1) is 18.3 Å². The van der Waals surface area contributed by atoms with Gasteiger partial charge in [0.2, 0.25) is 11.7 Å². The van der Waals surface area contributed by atoms with Crippen LogP contribution in [0.1, 0.15) is 35.2 Å². The van der Waals surface area contributed by atoms with Crippen LogP contribution in [0.25, 0.3) is 0 Å². The van der Waals surface area contributed by atoms with E-state index in [0.717, 1.165) is 0 Å². The van der Waals surface area contributed by atoms with Crippen molar-refractivity contribution in [1.29, 1.82) is 0 Å². The predicted octanol–water partition coefficient (Wildman–Crippen LogP) is 0.0871. The number of carbonyl (C=O) groups is 3. The number of aliphatic carboxylic acids is 1. The van der Waals surface area contributed by atoms with E-state index in [1.807, 2.05) is 0 Å². The number of carboxylic acids is 2. The van der Waals surface area contributed by atoms with Gasteiger partial charge in [-0.3, -0.25) is 9.63 Å². The fourth-order valence-electron chi connectivity index (χ4n) is 4.76. The van der Waals surface area contributed by atoms with Gasteiger partial charge >= 0.3 is 17.8 Å². The summed E-state index contributed by atoms with van der Waals surface area (Å²) in [5, 5.41) is 28.7. The van der Waals surface area contributed by atoms with E-state index in [4.69, 9.17) is 4.84 Å². The zero-order chi connectivity index (χ0) is 19.4. The van der Waals surface area contributed by atoms with Crippen LogP contribution >= 0.6 is 0 Å². The Morgan fingerprint density at radius 3 is 2.70 bits per heavy atom. The standard InChI is InChI=1S/C18H20N2O7/c21-11-5-6-13(16(24)25)18(7-11)17(26)20(18)8-14(20)19-27-9-10-3-1-2-4-12(10)15(22)23/h1-4,11,13-14,19,21H,5-9H2,(H-,22,23,24,25)/p+1. The number of rotatable bonds is 6. The fraction of sp³-hybridized carbons (Fsp3) is 0.500. The highest BCUT2D eigenvalue weighted by Gasteiger charge is 2.96. The molecule has 3 aliphatic rings. The minimum atomic E-state index is -1.07. The van der Waals surface area contributed by atoms with Crippen LogP contribution in [0.15, 0.2) is 24.3 Å². The SMILES string of the molecule is O=C(O)c1ccccc1CONC1C[N+]12C(=O)C21CC(O)CCC1C(=O)O. The first-order valence-electron chi connectivity index (χ1n) is 8.87. The zero-order valence-electron chi connectivity index (χ0n) is 14.5. The number of hydrogen-bond acceptors (Lipinski definition) is 6. The van der Waals surface area contributed by atoms with Gasteiger partial charge in [0.25, 0.3) is 0 Å². The lowest BCUT2D eigenvalue weighted by Crippen LogP contribution is -2.44. The van der Waals surface area contributed by atoms with Crippen LogP contribution in [0.5, 0.6) is 0 Å². The van der Waals surface area contributed by atoms with Crippen LogP contribution in [-0.4, -0.2) is 62.0 Å². The summed E-state index contributed by atoms with van der Waals surface area (Å²) in [6.07, 6.45) is -0.231. The molecule has 0 bridgehead atoms. The molecule has 0 aromatic heterocycles. The Bertz CT molecular complexity index is 828. The number of fused-ring (bicyclic) bond motifs is 1. The molecular weight excluding hydrogens is 356 g/mol. The van der Waals surface area contributed by atoms with E-state index in [1.54, 1.807) is 18.2 Å². The molecule has 2 spiro atoms. The van der Waals surface area contributed by atoms with E-state index >= 15 is 0 Å². The van der Waals surface area contributed by atoms with E-state index in [1.165, 1.54) is 6.07 Å². The normalized spacial score (nSPS) is 36.8. The maximum absolute atomic E-state index is 12.7. The van der Waals surface area contributed by atoms with Crippen LogP contribution in [0, 0.1) is 5.92 Å². The van der Waals surface area contributed by atoms with Crippen molar-refractivity contribution < 1.29 is 39.0 Å². The van der Waals surface area contributed by atoms with E-state index in [2.05, 4.69) is 5.48 Å². The van der Waals surface area contributed by atoms with Gasteiger partial charge in [0.15, 0.2) is 6.54 Å². The van der Waals surface area contributed by atoms with Crippen LogP contribution in [0.2, 0.25) is 0 Å². The number of quaternary nitrogens is 1. The molecule has 4 N–H and O–H groups in total. The molecule has 1 aromatic rings. The topological polar surface area (TPSA) is 133 Å². The number of nitrogens with zero attached hydrogens (tertiary/aromatic N) is 1. The molecule has 1 amide bonds. The lowest BCUT2D eigenvalue weighted by atomic mass is 9.77. The molecule has 3 fully saturated rings. The minimum absolute atomic E-state index is 0.00511. The summed E-state index contributed by atoms with van der Waals surface area (Å²) in [4.78, 5) is 40.9. The summed E-state index contributed by atoms with van der Waals surface area (Å²) in [7, 11) is 0. The lowest BCUT2D eigenvalue weighted by molar-refractivity contribution is -0.682. The van der Waals surface area contributed by atoms with E-state index < -0.39 is 29.5 Å². The van der Waals surface area contributed by atoms with Gasteiger partial charge in [-0.2, -0.15) is 0 Å². The van der Waals surface area contributed by atoms with Crippen LogP contribution < -0.4 is 5.48 Å². The highest BCUT2D eigenvalue weighted by atomic mass is 16.7. The van der Waals surface area contributed by atoms with Crippen molar-refractivity contribution >= 4 is 17.8 Å². The molecule has 5 atom stereocenters. The van der Waals surface area contributed by atoms with Crippen molar-refractivity contribution in [3.05, 3.63) is 35.4 Å². The Kier molecular flexibility index (Phi) is 4.08. The second kappa shape index (κ2) is 6.10. The van der Waals surface area contributed by atoms with Crippen molar-refractivity contribution in [2.75, 3.05) is 6.54 Å². The Morgan fingerprint density at radius 1 is 1.26 bits per heavy atom. The molecule has 9 nitrogen and oxygen atoms in total. The smallest absolute Gasteiger partial charge is 0.379 e. The first-order valence-corrected chi connectivity index (χ1v) is 8.87. The highest BCUT2D eigenvalue weighted by molar-refractivity contribution is 5.99. The molecule has 9 heteroatoms. The van der Waals surface area contributed by atoms with Gasteiger partial charge in [0.1, 0.15) is 5.92 Å². The number of aliphatic hydroxyl groups excluding tert-OH is 1. The molecule has 2 saturated heterocycles. The zero-order valence-corrected chi connectivity index (χ0v) is 14.5. The number of aromatic carboxylic acids is 1. The van der Waals surface area contributed by atoms with E-state index in [-0.39, 0.29) is 41.6 Å². The molecule has 27 heavy (non-hydrogen) atoms. The Hall–Kier alpha value is -2.33. The molecule has 2 aliphatic heterocycles. The first kappa shape index (κ1) is 18.1. The molecule has 0 radical (unpaired) electrons. The number of hydroxylamine groups is 1. The van der Waals surface area contributed by atoms with Crippen LogP contribution in [0.4, 0.5) is 0 Å². The van der Waals surface area contributed by atoms with Crippen molar-refractivity contribution in [1.82, 2.24) is 5.48 Å². The number of nitrogens with one attached hydrogen (secondary N) is 1. The molecule has 144 valence electrons. The summed E-state index contributed by atoms with van der Waals surface area (Å²) >= 11 is 0. The van der Waals surface area contributed by atoms with Crippen molar-refractivity contribution in [2.24, 2.45) is 5.92 Å². The number of carboxylic acid groups (broad SMARTS) is 2. The predicted molar refractivity (Wildman–Crippen MR) is 89.0 cm³/mol. The largest absolute Gasteiger partial charge is 0.481 e. The molecule has 4 rings (SSSR count). The number of benzene rings is 1. The van der Waals surface area contributed by atoms with Gasteiger partial charge in [-0.05, 0) is 24.5 Å². The third-order valence-electron chi connectivity index (χ3n) is 6.16. The minimum Gasteiger partial charge on any atom is -0.481 e. The van der Waals surface area contributed by atoms with Crippen molar-refractivity contribution in [3.63, 3.8) is 0 Å². The average molecular weight is 377 g/mol. The van der Waals surface area contributed by atoms with Crippen molar-refractivity contribution in [2.45, 2.75) is 43.7 Å². The Morgan fingerprint density at radius 2 is 2.00 bits per heavy atom. The Labute approximate surface area is 154 Å². The molecule has 5 unspecified atom stereocenters. The third kappa shape index (κ3) is 2.50. The van der Waals surface area contributed by atoms with Crippen molar-refractivity contribution in [3.8, 4) is 0 Å². The number of carbonyl (C=O) groups excluding carboxylic acids is 1. The maximum atomic E-state index is 12.7. The second-order valence-corrected chi connectivity index (χ2v) is 7.49. The molecule has 1 aliphatic carbocycles.